The average molecular weight is 274 g/mol. The lowest BCUT2D eigenvalue weighted by Crippen LogP contribution is -2.23. The van der Waals surface area contributed by atoms with Gasteiger partial charge in [-0.25, -0.2) is 0 Å². The molecule has 19 heavy (non-hydrogen) atoms. The zero-order chi connectivity index (χ0) is 13.4. The third-order valence-electron chi connectivity index (χ3n) is 3.26. The molecular formula is C15H12ClNO2. The van der Waals surface area contributed by atoms with Gasteiger partial charge in [0.15, 0.2) is 0 Å². The van der Waals surface area contributed by atoms with Gasteiger partial charge < -0.3 is 9.64 Å². The van der Waals surface area contributed by atoms with Crippen LogP contribution in [0.15, 0.2) is 42.5 Å². The Bertz CT molecular complexity index is 637. The topological polar surface area (TPSA) is 29.5 Å². The van der Waals surface area contributed by atoms with Crippen molar-refractivity contribution in [1.29, 1.82) is 0 Å². The van der Waals surface area contributed by atoms with E-state index in [0.717, 1.165) is 11.3 Å². The highest BCUT2D eigenvalue weighted by atomic mass is 35.5. The number of amides is 1. The predicted molar refractivity (Wildman–Crippen MR) is 75.0 cm³/mol. The summed E-state index contributed by atoms with van der Waals surface area (Å²) in [5, 5.41) is 0.658. The minimum absolute atomic E-state index is 0.0326. The van der Waals surface area contributed by atoms with Crippen molar-refractivity contribution in [2.45, 2.75) is 6.54 Å². The molecule has 3 nitrogen and oxygen atoms in total. The van der Waals surface area contributed by atoms with Crippen LogP contribution in [0.3, 0.4) is 0 Å². The Morgan fingerprint density at radius 1 is 1.16 bits per heavy atom. The molecule has 0 spiro atoms. The molecule has 1 amide bonds. The van der Waals surface area contributed by atoms with Gasteiger partial charge in [0, 0.05) is 10.7 Å². The van der Waals surface area contributed by atoms with E-state index in [-0.39, 0.29) is 5.91 Å². The van der Waals surface area contributed by atoms with Gasteiger partial charge in [0.25, 0.3) is 5.91 Å². The second-order valence-corrected chi connectivity index (χ2v) is 4.80. The van der Waals surface area contributed by atoms with Crippen LogP contribution >= 0.6 is 11.6 Å². The number of benzene rings is 2. The van der Waals surface area contributed by atoms with Crippen LogP contribution < -0.4 is 9.64 Å². The summed E-state index contributed by atoms with van der Waals surface area (Å²) in [6.45, 7) is 0.562. The van der Waals surface area contributed by atoms with Crippen molar-refractivity contribution >= 4 is 23.2 Å². The molecule has 0 saturated carbocycles. The fraction of sp³-hybridized carbons (Fsp3) is 0.133. The zero-order valence-electron chi connectivity index (χ0n) is 10.4. The molecule has 1 heterocycles. The normalized spacial score (nSPS) is 13.6. The predicted octanol–water partition coefficient (Wildman–Crippen LogP) is 3.51. The second kappa shape index (κ2) is 4.59. The number of methoxy groups -OCH3 is 1. The van der Waals surface area contributed by atoms with E-state index in [4.69, 9.17) is 16.3 Å². The Morgan fingerprint density at radius 2 is 1.89 bits per heavy atom. The lowest BCUT2D eigenvalue weighted by atomic mass is 10.1. The SMILES string of the molecule is COc1cccc2c1C(=O)N(c1ccc(Cl)cc1)C2. The third kappa shape index (κ3) is 1.96. The minimum Gasteiger partial charge on any atom is -0.496 e. The highest BCUT2D eigenvalue weighted by molar-refractivity contribution is 6.30. The van der Waals surface area contributed by atoms with Crippen LogP contribution in [0.25, 0.3) is 0 Å². The van der Waals surface area contributed by atoms with Crippen molar-refractivity contribution in [2.24, 2.45) is 0 Å². The molecule has 0 atom stereocenters. The van der Waals surface area contributed by atoms with Gasteiger partial charge in [-0.05, 0) is 35.9 Å². The number of hydrogen-bond donors (Lipinski definition) is 0. The number of anilines is 1. The molecule has 2 aromatic carbocycles. The Hall–Kier alpha value is -2.00. The summed E-state index contributed by atoms with van der Waals surface area (Å²) in [5.41, 5.74) is 2.48. The first-order valence-electron chi connectivity index (χ1n) is 5.94. The van der Waals surface area contributed by atoms with Crippen molar-refractivity contribution < 1.29 is 9.53 Å². The Kier molecular flexibility index (Phi) is 2.91. The number of carbonyl (C=O) groups excluding carboxylic acids is 1. The first-order chi connectivity index (χ1) is 9.20. The van der Waals surface area contributed by atoms with Gasteiger partial charge in [-0.2, -0.15) is 0 Å². The van der Waals surface area contributed by atoms with Gasteiger partial charge in [0.1, 0.15) is 5.75 Å². The number of ether oxygens (including phenoxy) is 1. The number of rotatable bonds is 2. The van der Waals surface area contributed by atoms with Gasteiger partial charge in [0.2, 0.25) is 0 Å². The minimum atomic E-state index is -0.0326. The fourth-order valence-electron chi connectivity index (χ4n) is 2.33. The van der Waals surface area contributed by atoms with Crippen LogP contribution in [0, 0.1) is 0 Å². The maximum Gasteiger partial charge on any atom is 0.262 e. The molecule has 0 radical (unpaired) electrons. The van der Waals surface area contributed by atoms with E-state index in [1.165, 1.54) is 0 Å². The van der Waals surface area contributed by atoms with Crippen molar-refractivity contribution in [2.75, 3.05) is 12.0 Å². The van der Waals surface area contributed by atoms with Crippen LogP contribution in [0.5, 0.6) is 5.75 Å². The van der Waals surface area contributed by atoms with Gasteiger partial charge >= 0.3 is 0 Å². The van der Waals surface area contributed by atoms with Crippen LogP contribution in [-0.4, -0.2) is 13.0 Å². The van der Waals surface area contributed by atoms with E-state index in [0.29, 0.717) is 22.9 Å². The van der Waals surface area contributed by atoms with E-state index in [1.807, 2.05) is 30.3 Å². The molecule has 0 unspecified atom stereocenters. The van der Waals surface area contributed by atoms with E-state index < -0.39 is 0 Å². The average Bonchev–Trinajstić information content (AvgIpc) is 2.77. The van der Waals surface area contributed by atoms with Crippen LogP contribution in [0.4, 0.5) is 5.69 Å². The summed E-state index contributed by atoms with van der Waals surface area (Å²) >= 11 is 5.87. The van der Waals surface area contributed by atoms with Gasteiger partial charge in [-0.15, -0.1) is 0 Å². The summed E-state index contributed by atoms with van der Waals surface area (Å²) in [6, 6.07) is 12.9. The van der Waals surface area contributed by atoms with Gasteiger partial charge in [0.05, 0.1) is 19.2 Å². The molecule has 0 saturated heterocycles. The summed E-state index contributed by atoms with van der Waals surface area (Å²) in [4.78, 5) is 14.2. The van der Waals surface area contributed by atoms with Crippen LogP contribution in [0.1, 0.15) is 15.9 Å². The molecule has 0 N–H and O–H groups in total. The smallest absolute Gasteiger partial charge is 0.262 e. The molecule has 4 heteroatoms. The summed E-state index contributed by atoms with van der Waals surface area (Å²) < 4.78 is 5.26. The monoisotopic (exact) mass is 273 g/mol. The standard InChI is InChI=1S/C15H12ClNO2/c1-19-13-4-2-3-10-9-17(15(18)14(10)13)12-7-5-11(16)6-8-12/h2-8H,9H2,1H3. The first kappa shape index (κ1) is 12.1. The second-order valence-electron chi connectivity index (χ2n) is 4.36. The summed E-state index contributed by atoms with van der Waals surface area (Å²) in [6.07, 6.45) is 0. The molecule has 2 aromatic rings. The number of nitrogens with zero attached hydrogens (tertiary/aromatic N) is 1. The number of carbonyl (C=O) groups is 1. The molecule has 0 aromatic heterocycles. The molecule has 0 fully saturated rings. The van der Waals surface area contributed by atoms with Crippen molar-refractivity contribution in [1.82, 2.24) is 0 Å². The fourth-order valence-corrected chi connectivity index (χ4v) is 2.45. The molecule has 96 valence electrons. The molecule has 1 aliphatic rings. The highest BCUT2D eigenvalue weighted by Crippen LogP contribution is 2.34. The third-order valence-corrected chi connectivity index (χ3v) is 3.51. The lowest BCUT2D eigenvalue weighted by Gasteiger charge is -2.15. The molecule has 0 aliphatic carbocycles. The molecular weight excluding hydrogens is 262 g/mol. The van der Waals surface area contributed by atoms with Gasteiger partial charge in [-0.3, -0.25) is 4.79 Å². The number of halogens is 1. The maximum absolute atomic E-state index is 12.5. The van der Waals surface area contributed by atoms with Crippen LogP contribution in [-0.2, 0) is 6.54 Å². The van der Waals surface area contributed by atoms with Crippen LogP contribution in [0.2, 0.25) is 5.02 Å². The highest BCUT2D eigenvalue weighted by Gasteiger charge is 2.31. The maximum atomic E-state index is 12.5. The largest absolute Gasteiger partial charge is 0.496 e. The van der Waals surface area contributed by atoms with Crippen molar-refractivity contribution in [3.05, 3.63) is 58.6 Å². The van der Waals surface area contributed by atoms with Crippen molar-refractivity contribution in [3.63, 3.8) is 0 Å². The Balaban J connectivity index is 2.02. The van der Waals surface area contributed by atoms with Crippen molar-refractivity contribution in [3.8, 4) is 5.75 Å². The molecule has 1 aliphatic heterocycles. The number of fused-ring (bicyclic) bond motifs is 1. The van der Waals surface area contributed by atoms with E-state index in [9.17, 15) is 4.79 Å². The van der Waals surface area contributed by atoms with E-state index in [2.05, 4.69) is 0 Å². The quantitative estimate of drug-likeness (QED) is 0.838. The number of hydrogen-bond acceptors (Lipinski definition) is 2. The van der Waals surface area contributed by atoms with Gasteiger partial charge in [-0.1, -0.05) is 23.7 Å². The molecule has 3 rings (SSSR count). The lowest BCUT2D eigenvalue weighted by molar-refractivity contribution is 0.0994. The Labute approximate surface area is 116 Å². The summed E-state index contributed by atoms with van der Waals surface area (Å²) in [5.74, 6) is 0.591. The first-order valence-corrected chi connectivity index (χ1v) is 6.32. The molecule has 0 bridgehead atoms. The Morgan fingerprint density at radius 3 is 2.58 bits per heavy atom. The van der Waals surface area contributed by atoms with E-state index in [1.54, 1.807) is 24.1 Å². The van der Waals surface area contributed by atoms with E-state index >= 15 is 0 Å². The zero-order valence-corrected chi connectivity index (χ0v) is 11.1. The summed E-state index contributed by atoms with van der Waals surface area (Å²) in [7, 11) is 1.58.